The van der Waals surface area contributed by atoms with Crippen LogP contribution in [-0.4, -0.2) is 77.4 Å². The van der Waals surface area contributed by atoms with Crippen LogP contribution in [0.3, 0.4) is 0 Å². The average molecular weight is 369 g/mol. The first-order valence-corrected chi connectivity index (χ1v) is 7.92. The number of piperazine rings is 1. The number of nitrogens with two attached hydrogens (primary N) is 1. The molecule has 2 aliphatic heterocycles. The zero-order chi connectivity index (χ0) is 15.6. The number of halogens is 2. The van der Waals surface area contributed by atoms with E-state index in [-0.39, 0.29) is 42.7 Å². The summed E-state index contributed by atoms with van der Waals surface area (Å²) in [5.74, 6) is 0.215. The molecule has 2 rings (SSSR count). The zero-order valence-electron chi connectivity index (χ0n) is 14.3. The minimum absolute atomic E-state index is 0. The van der Waals surface area contributed by atoms with Crippen LogP contribution in [-0.2, 0) is 9.59 Å². The summed E-state index contributed by atoms with van der Waals surface area (Å²) in [7, 11) is 0. The maximum Gasteiger partial charge on any atom is 0.242 e. The summed E-state index contributed by atoms with van der Waals surface area (Å²) in [5.41, 5.74) is 5.05. The lowest BCUT2D eigenvalue weighted by atomic mass is 10.0. The fourth-order valence-corrected chi connectivity index (χ4v) is 3.08. The molecule has 8 heteroatoms. The summed E-state index contributed by atoms with van der Waals surface area (Å²) in [5, 5.41) is 0. The number of nitrogens with zero attached hydrogens (tertiary/aromatic N) is 3. The van der Waals surface area contributed by atoms with Gasteiger partial charge in [-0.05, 0) is 33.6 Å². The Morgan fingerprint density at radius 3 is 1.83 bits per heavy atom. The Hall–Kier alpha value is -0.560. The molecule has 2 amide bonds. The van der Waals surface area contributed by atoms with Gasteiger partial charge in [0.05, 0.1) is 11.6 Å². The van der Waals surface area contributed by atoms with Gasteiger partial charge >= 0.3 is 0 Å². The van der Waals surface area contributed by atoms with Crippen molar-refractivity contribution < 1.29 is 9.59 Å². The van der Waals surface area contributed by atoms with Crippen LogP contribution in [0.5, 0.6) is 0 Å². The van der Waals surface area contributed by atoms with Crippen molar-refractivity contribution in [3.8, 4) is 0 Å². The second-order valence-electron chi connectivity index (χ2n) is 6.76. The van der Waals surface area contributed by atoms with E-state index in [1.165, 1.54) is 0 Å². The van der Waals surface area contributed by atoms with E-state index in [2.05, 4.69) is 4.90 Å². The van der Waals surface area contributed by atoms with E-state index in [9.17, 15) is 9.59 Å². The van der Waals surface area contributed by atoms with Crippen LogP contribution < -0.4 is 5.73 Å². The van der Waals surface area contributed by atoms with Gasteiger partial charge < -0.3 is 15.5 Å². The van der Waals surface area contributed by atoms with E-state index in [0.29, 0.717) is 13.1 Å². The van der Waals surface area contributed by atoms with E-state index in [1.54, 1.807) is 13.8 Å². The Balaban J connectivity index is 0.00000242. The molecular weight excluding hydrogens is 339 g/mol. The van der Waals surface area contributed by atoms with E-state index in [1.807, 2.05) is 16.7 Å². The van der Waals surface area contributed by atoms with E-state index in [4.69, 9.17) is 5.73 Å². The highest BCUT2D eigenvalue weighted by Crippen LogP contribution is 2.15. The van der Waals surface area contributed by atoms with Crippen LogP contribution in [0, 0.1) is 0 Å². The van der Waals surface area contributed by atoms with E-state index in [0.717, 1.165) is 39.0 Å². The van der Waals surface area contributed by atoms with Gasteiger partial charge in [-0.25, -0.2) is 0 Å². The predicted octanol–water partition coefficient (Wildman–Crippen LogP) is 0.722. The summed E-state index contributed by atoms with van der Waals surface area (Å²) >= 11 is 0. The summed E-state index contributed by atoms with van der Waals surface area (Å²) in [4.78, 5) is 30.5. The van der Waals surface area contributed by atoms with Crippen molar-refractivity contribution in [3.05, 3.63) is 0 Å². The summed E-state index contributed by atoms with van der Waals surface area (Å²) in [6, 6.07) is -0.0914. The summed E-state index contributed by atoms with van der Waals surface area (Å²) in [6.45, 7) is 10.0. The van der Waals surface area contributed by atoms with Crippen molar-refractivity contribution >= 4 is 36.6 Å². The van der Waals surface area contributed by atoms with Crippen molar-refractivity contribution in [1.29, 1.82) is 0 Å². The Kier molecular flexibility index (Phi) is 8.84. The van der Waals surface area contributed by atoms with Crippen molar-refractivity contribution in [2.24, 2.45) is 5.73 Å². The molecule has 2 N–H and O–H groups in total. The molecule has 0 aliphatic carbocycles. The molecule has 2 heterocycles. The van der Waals surface area contributed by atoms with E-state index >= 15 is 0 Å². The van der Waals surface area contributed by atoms with Crippen LogP contribution in [0.1, 0.15) is 33.6 Å². The molecule has 0 bridgehead atoms. The Morgan fingerprint density at radius 2 is 1.39 bits per heavy atom. The number of rotatable bonds is 3. The molecule has 6 nitrogen and oxygen atoms in total. The molecule has 2 aliphatic rings. The molecule has 1 atom stereocenters. The van der Waals surface area contributed by atoms with Crippen LogP contribution in [0.15, 0.2) is 0 Å². The van der Waals surface area contributed by atoms with Gasteiger partial charge in [-0.2, -0.15) is 0 Å². The maximum absolute atomic E-state index is 12.4. The third-order valence-electron chi connectivity index (χ3n) is 4.48. The lowest BCUT2D eigenvalue weighted by Crippen LogP contribution is -2.59. The van der Waals surface area contributed by atoms with Crippen LogP contribution in [0.25, 0.3) is 0 Å². The smallest absolute Gasteiger partial charge is 0.242 e. The third kappa shape index (κ3) is 5.48. The standard InChI is InChI=1S/C15H28N4O2.2ClH/c1-12(13(20)18-6-4-5-7-18)17-8-10-19(11-9-17)14(21)15(2,3)16;;/h12H,4-11,16H2,1-3H3;2*1H. The molecule has 0 spiro atoms. The third-order valence-corrected chi connectivity index (χ3v) is 4.48. The van der Waals surface area contributed by atoms with Gasteiger partial charge in [0.2, 0.25) is 11.8 Å². The Bertz CT molecular complexity index is 401. The lowest BCUT2D eigenvalue weighted by Gasteiger charge is -2.40. The quantitative estimate of drug-likeness (QED) is 0.796. The first kappa shape index (κ1) is 22.4. The molecular formula is C15H30Cl2N4O2. The highest BCUT2D eigenvalue weighted by molar-refractivity contribution is 5.86. The molecule has 0 aromatic heterocycles. The molecule has 1 unspecified atom stereocenters. The minimum atomic E-state index is -0.820. The molecule has 2 saturated heterocycles. The normalized spacial score (nSPS) is 20.5. The fourth-order valence-electron chi connectivity index (χ4n) is 3.08. The minimum Gasteiger partial charge on any atom is -0.341 e. The molecule has 2 fully saturated rings. The molecule has 136 valence electrons. The molecule has 0 aromatic rings. The van der Waals surface area contributed by atoms with Crippen molar-refractivity contribution in [3.63, 3.8) is 0 Å². The average Bonchev–Trinajstić information content (AvgIpc) is 2.98. The highest BCUT2D eigenvalue weighted by atomic mass is 35.5. The summed E-state index contributed by atoms with van der Waals surface area (Å²) in [6.07, 6.45) is 2.23. The lowest BCUT2D eigenvalue weighted by molar-refractivity contribution is -0.140. The number of carbonyl (C=O) groups is 2. The van der Waals surface area contributed by atoms with Gasteiger partial charge in [0, 0.05) is 39.3 Å². The van der Waals surface area contributed by atoms with E-state index < -0.39 is 5.54 Å². The largest absolute Gasteiger partial charge is 0.341 e. The second kappa shape index (κ2) is 9.06. The predicted molar refractivity (Wildman–Crippen MR) is 96.2 cm³/mol. The van der Waals surface area contributed by atoms with Gasteiger partial charge in [0.15, 0.2) is 0 Å². The summed E-state index contributed by atoms with van der Waals surface area (Å²) < 4.78 is 0. The molecule has 23 heavy (non-hydrogen) atoms. The maximum atomic E-state index is 12.4. The monoisotopic (exact) mass is 368 g/mol. The number of amides is 2. The van der Waals surface area contributed by atoms with Crippen molar-refractivity contribution in [1.82, 2.24) is 14.7 Å². The van der Waals surface area contributed by atoms with Crippen molar-refractivity contribution in [2.75, 3.05) is 39.3 Å². The van der Waals surface area contributed by atoms with Crippen LogP contribution >= 0.6 is 24.8 Å². The highest BCUT2D eigenvalue weighted by Gasteiger charge is 2.33. The van der Waals surface area contributed by atoms with Crippen LogP contribution in [0.4, 0.5) is 0 Å². The number of carbonyl (C=O) groups excluding carboxylic acids is 2. The van der Waals surface area contributed by atoms with Crippen LogP contribution in [0.2, 0.25) is 0 Å². The molecule has 0 aromatic carbocycles. The Morgan fingerprint density at radius 1 is 0.913 bits per heavy atom. The number of hydrogen-bond donors (Lipinski definition) is 1. The Labute approximate surface area is 151 Å². The first-order chi connectivity index (χ1) is 9.80. The van der Waals surface area contributed by atoms with Gasteiger partial charge in [0.25, 0.3) is 0 Å². The van der Waals surface area contributed by atoms with Crippen molar-refractivity contribution in [2.45, 2.75) is 45.2 Å². The van der Waals surface area contributed by atoms with Gasteiger partial charge in [-0.3, -0.25) is 14.5 Å². The topological polar surface area (TPSA) is 69.9 Å². The van der Waals surface area contributed by atoms with Gasteiger partial charge in [-0.15, -0.1) is 24.8 Å². The second-order valence-corrected chi connectivity index (χ2v) is 6.76. The SMILES string of the molecule is CC(C(=O)N1CCCC1)N1CCN(C(=O)C(C)(C)N)CC1.Cl.Cl. The van der Waals surface area contributed by atoms with Gasteiger partial charge in [0.1, 0.15) is 0 Å². The number of likely N-dealkylation sites (tertiary alicyclic amines) is 1. The zero-order valence-corrected chi connectivity index (χ0v) is 15.9. The first-order valence-electron chi connectivity index (χ1n) is 7.92. The fraction of sp³-hybridized carbons (Fsp3) is 0.867. The number of hydrogen-bond acceptors (Lipinski definition) is 4. The molecule has 0 saturated carbocycles. The molecule has 0 radical (unpaired) electrons. The van der Waals surface area contributed by atoms with Gasteiger partial charge in [-0.1, -0.05) is 0 Å².